The van der Waals surface area contributed by atoms with E-state index in [1.54, 1.807) is 30.5 Å². The summed E-state index contributed by atoms with van der Waals surface area (Å²) in [5.74, 6) is 0.269. The van der Waals surface area contributed by atoms with E-state index < -0.39 is 0 Å². The van der Waals surface area contributed by atoms with Crippen LogP contribution in [0.25, 0.3) is 22.3 Å². The van der Waals surface area contributed by atoms with Crippen molar-refractivity contribution in [2.45, 2.75) is 12.5 Å². The zero-order valence-electron chi connectivity index (χ0n) is 15.5. The molecular weight excluding hydrogens is 342 g/mol. The number of likely N-dealkylation sites (N-methyl/N-ethyl adjacent to an activating group) is 1. The number of nitrogens with zero attached hydrogens (tertiary/aromatic N) is 4. The van der Waals surface area contributed by atoms with Crippen LogP contribution in [-0.4, -0.2) is 75.6 Å². The zero-order chi connectivity index (χ0) is 19.0. The van der Waals surface area contributed by atoms with Crippen molar-refractivity contribution in [1.82, 2.24) is 25.0 Å². The third-order valence-corrected chi connectivity index (χ3v) is 5.23. The molecule has 1 aromatic carbocycles. The Balaban J connectivity index is 1.63. The number of aromatic amines is 1. The van der Waals surface area contributed by atoms with Gasteiger partial charge in [0.05, 0.1) is 18.4 Å². The molecule has 1 saturated heterocycles. The molecule has 27 heavy (non-hydrogen) atoms. The molecule has 0 spiro atoms. The zero-order valence-corrected chi connectivity index (χ0v) is 15.5. The molecule has 3 heterocycles. The lowest BCUT2D eigenvalue weighted by Crippen LogP contribution is -2.33. The lowest BCUT2D eigenvalue weighted by molar-refractivity contribution is 0.0943. The minimum absolute atomic E-state index is 0.0724. The Morgan fingerprint density at radius 1 is 1.33 bits per heavy atom. The number of pyridine rings is 1. The molecule has 1 fully saturated rings. The van der Waals surface area contributed by atoms with Crippen LogP contribution in [0.4, 0.5) is 0 Å². The summed E-state index contributed by atoms with van der Waals surface area (Å²) in [7, 11) is 4.16. The van der Waals surface area contributed by atoms with E-state index in [1.807, 2.05) is 6.07 Å². The predicted octanol–water partition coefficient (Wildman–Crippen LogP) is 2.15. The van der Waals surface area contributed by atoms with E-state index >= 15 is 0 Å². The minimum Gasteiger partial charge on any atom is -0.508 e. The van der Waals surface area contributed by atoms with E-state index in [0.717, 1.165) is 30.5 Å². The standard InChI is InChI=1S/C20H23N5O2/c1-24(2)14-7-8-25(11-14)12-19(27)16-9-18(13-3-5-15(26)6-4-13)22-20-17(16)10-21-23-20/h3-6,9-10,14,26H,7-8,11-12H2,1-2H3,(H,21,22,23)/t14-/m0/s1. The number of Topliss-reactive ketones (excluding diaryl/α,β-unsaturated/α-hetero) is 1. The van der Waals surface area contributed by atoms with Gasteiger partial charge >= 0.3 is 0 Å². The number of benzene rings is 1. The van der Waals surface area contributed by atoms with Gasteiger partial charge in [0.1, 0.15) is 5.75 Å². The van der Waals surface area contributed by atoms with Gasteiger partial charge in [-0.2, -0.15) is 5.10 Å². The Kier molecular flexibility index (Phi) is 4.63. The quantitative estimate of drug-likeness (QED) is 0.674. The topological polar surface area (TPSA) is 85.4 Å². The number of hydrogen-bond donors (Lipinski definition) is 2. The second-order valence-corrected chi connectivity index (χ2v) is 7.30. The second-order valence-electron chi connectivity index (χ2n) is 7.30. The molecule has 1 aliphatic heterocycles. The molecule has 0 amide bonds. The van der Waals surface area contributed by atoms with Gasteiger partial charge < -0.3 is 10.0 Å². The van der Waals surface area contributed by atoms with E-state index in [0.29, 0.717) is 29.5 Å². The highest BCUT2D eigenvalue weighted by Crippen LogP contribution is 2.26. The molecule has 7 heteroatoms. The van der Waals surface area contributed by atoms with E-state index in [4.69, 9.17) is 0 Å². The third kappa shape index (κ3) is 3.56. The summed E-state index contributed by atoms with van der Waals surface area (Å²) in [6, 6.07) is 9.12. The molecule has 2 N–H and O–H groups in total. The van der Waals surface area contributed by atoms with Crippen molar-refractivity contribution in [3.8, 4) is 17.0 Å². The number of hydrogen-bond acceptors (Lipinski definition) is 6. The molecule has 2 aromatic heterocycles. The Morgan fingerprint density at radius 2 is 2.11 bits per heavy atom. The first kappa shape index (κ1) is 17.6. The van der Waals surface area contributed by atoms with Gasteiger partial charge in [-0.15, -0.1) is 0 Å². The first-order valence-electron chi connectivity index (χ1n) is 9.07. The van der Waals surface area contributed by atoms with Gasteiger partial charge in [-0.25, -0.2) is 4.98 Å². The van der Waals surface area contributed by atoms with Crippen molar-refractivity contribution >= 4 is 16.8 Å². The monoisotopic (exact) mass is 365 g/mol. The summed E-state index contributed by atoms with van der Waals surface area (Å²) in [6.45, 7) is 2.23. The molecule has 7 nitrogen and oxygen atoms in total. The highest BCUT2D eigenvalue weighted by Gasteiger charge is 2.26. The maximum Gasteiger partial charge on any atom is 0.177 e. The van der Waals surface area contributed by atoms with Crippen molar-refractivity contribution in [3.05, 3.63) is 42.1 Å². The molecule has 1 atom stereocenters. The molecule has 4 rings (SSSR count). The van der Waals surface area contributed by atoms with Crippen LogP contribution in [0.15, 0.2) is 36.5 Å². The Morgan fingerprint density at radius 3 is 2.81 bits per heavy atom. The van der Waals surface area contributed by atoms with Crippen molar-refractivity contribution in [1.29, 1.82) is 0 Å². The van der Waals surface area contributed by atoms with Gasteiger partial charge in [0.2, 0.25) is 0 Å². The summed E-state index contributed by atoms with van der Waals surface area (Å²) < 4.78 is 0. The fourth-order valence-electron chi connectivity index (χ4n) is 3.61. The lowest BCUT2D eigenvalue weighted by Gasteiger charge is -2.20. The van der Waals surface area contributed by atoms with Crippen molar-refractivity contribution in [2.24, 2.45) is 0 Å². The molecular formula is C20H23N5O2. The summed E-state index contributed by atoms with van der Waals surface area (Å²) in [6.07, 6.45) is 2.74. The molecule has 140 valence electrons. The van der Waals surface area contributed by atoms with Gasteiger partial charge in [0, 0.05) is 35.6 Å². The maximum absolute atomic E-state index is 13.1. The fourth-order valence-corrected chi connectivity index (χ4v) is 3.61. The SMILES string of the molecule is CN(C)[C@H]1CCN(CC(=O)c2cc(-c3ccc(O)cc3)nc3[nH]ncc23)C1. The number of carbonyl (C=O) groups is 1. The number of aromatic nitrogens is 3. The van der Waals surface area contributed by atoms with Crippen LogP contribution >= 0.6 is 0 Å². The highest BCUT2D eigenvalue weighted by atomic mass is 16.3. The number of phenolic OH excluding ortho intramolecular Hbond substituents is 1. The molecule has 1 aliphatic rings. The van der Waals surface area contributed by atoms with Crippen LogP contribution in [0, 0.1) is 0 Å². The highest BCUT2D eigenvalue weighted by molar-refractivity contribution is 6.08. The van der Waals surface area contributed by atoms with Gasteiger partial charge in [-0.3, -0.25) is 14.8 Å². The van der Waals surface area contributed by atoms with Crippen LogP contribution in [0.3, 0.4) is 0 Å². The van der Waals surface area contributed by atoms with Crippen molar-refractivity contribution < 1.29 is 9.90 Å². The number of nitrogens with one attached hydrogen (secondary N) is 1. The molecule has 3 aromatic rings. The number of aromatic hydroxyl groups is 1. The van der Waals surface area contributed by atoms with E-state index in [9.17, 15) is 9.90 Å². The number of likely N-dealkylation sites (tertiary alicyclic amines) is 1. The Hall–Kier alpha value is -2.77. The molecule has 0 unspecified atom stereocenters. The van der Waals surface area contributed by atoms with Crippen molar-refractivity contribution in [3.63, 3.8) is 0 Å². The average Bonchev–Trinajstić information content (AvgIpc) is 3.30. The van der Waals surface area contributed by atoms with Crippen LogP contribution in [0.5, 0.6) is 5.75 Å². The number of fused-ring (bicyclic) bond motifs is 1. The predicted molar refractivity (Wildman–Crippen MR) is 104 cm³/mol. The Bertz CT molecular complexity index is 964. The number of phenols is 1. The summed E-state index contributed by atoms with van der Waals surface area (Å²) in [5.41, 5.74) is 2.75. The lowest BCUT2D eigenvalue weighted by atomic mass is 10.0. The summed E-state index contributed by atoms with van der Waals surface area (Å²) >= 11 is 0. The Labute approximate surface area is 157 Å². The van der Waals surface area contributed by atoms with E-state index in [2.05, 4.69) is 39.1 Å². The molecule has 0 saturated carbocycles. The third-order valence-electron chi connectivity index (χ3n) is 5.23. The van der Waals surface area contributed by atoms with Gasteiger partial charge in [0.25, 0.3) is 0 Å². The molecule has 0 radical (unpaired) electrons. The van der Waals surface area contributed by atoms with E-state index in [-0.39, 0.29) is 11.5 Å². The van der Waals surface area contributed by atoms with Crippen LogP contribution in [0.2, 0.25) is 0 Å². The number of H-pyrrole nitrogens is 1. The normalized spacial score (nSPS) is 17.8. The van der Waals surface area contributed by atoms with Crippen molar-refractivity contribution in [2.75, 3.05) is 33.7 Å². The first-order chi connectivity index (χ1) is 13.0. The van der Waals surface area contributed by atoms with Gasteiger partial charge in [-0.05, 0) is 50.8 Å². The van der Waals surface area contributed by atoms with Crippen LogP contribution in [0.1, 0.15) is 16.8 Å². The van der Waals surface area contributed by atoms with Crippen LogP contribution < -0.4 is 0 Å². The number of carbonyl (C=O) groups excluding carboxylic acids is 1. The first-order valence-corrected chi connectivity index (χ1v) is 9.07. The largest absolute Gasteiger partial charge is 0.508 e. The van der Waals surface area contributed by atoms with E-state index in [1.165, 1.54) is 0 Å². The molecule has 0 aliphatic carbocycles. The smallest absolute Gasteiger partial charge is 0.177 e. The van der Waals surface area contributed by atoms with Crippen LogP contribution in [-0.2, 0) is 0 Å². The summed E-state index contributed by atoms with van der Waals surface area (Å²) in [5, 5.41) is 17.2. The molecule has 0 bridgehead atoms. The number of ketones is 1. The second kappa shape index (κ2) is 7.09. The van der Waals surface area contributed by atoms with Gasteiger partial charge in [-0.1, -0.05) is 0 Å². The van der Waals surface area contributed by atoms with Gasteiger partial charge in [0.15, 0.2) is 11.4 Å². The number of rotatable bonds is 5. The maximum atomic E-state index is 13.1. The fraction of sp³-hybridized carbons (Fsp3) is 0.350. The minimum atomic E-state index is 0.0724. The average molecular weight is 365 g/mol. The summed E-state index contributed by atoms with van der Waals surface area (Å²) in [4.78, 5) is 22.1.